The van der Waals surface area contributed by atoms with Gasteiger partial charge in [-0.05, 0) is 36.8 Å². The van der Waals surface area contributed by atoms with Crippen LogP contribution in [0.5, 0.6) is 0 Å². The normalized spacial score (nSPS) is 15.2. The van der Waals surface area contributed by atoms with Crippen molar-refractivity contribution >= 4 is 23.2 Å². The van der Waals surface area contributed by atoms with Crippen molar-refractivity contribution in [2.45, 2.75) is 39.2 Å². The van der Waals surface area contributed by atoms with E-state index in [1.807, 2.05) is 23.3 Å². The van der Waals surface area contributed by atoms with Gasteiger partial charge >= 0.3 is 0 Å². The first-order valence-electron chi connectivity index (χ1n) is 8.44. The molecular weight excluding hydrogens is 336 g/mol. The Morgan fingerprint density at radius 1 is 1.28 bits per heavy atom. The predicted octanol–water partition coefficient (Wildman–Crippen LogP) is 2.50. The summed E-state index contributed by atoms with van der Waals surface area (Å²) in [6.07, 6.45) is 5.07. The summed E-state index contributed by atoms with van der Waals surface area (Å²) >= 11 is 1.51. The average Bonchev–Trinajstić information content (AvgIpc) is 3.06. The van der Waals surface area contributed by atoms with E-state index in [1.54, 1.807) is 12.4 Å². The number of rotatable bonds is 4. The maximum Gasteiger partial charge on any atom is 0.264 e. The zero-order valence-electron chi connectivity index (χ0n) is 14.5. The van der Waals surface area contributed by atoms with Crippen molar-refractivity contribution < 1.29 is 9.59 Å². The highest BCUT2D eigenvalue weighted by atomic mass is 32.1. The second-order valence-corrected chi connectivity index (χ2v) is 7.21. The third-order valence-electron chi connectivity index (χ3n) is 4.54. The Kier molecular flexibility index (Phi) is 5.43. The number of thiophene rings is 1. The number of nitrogens with zero attached hydrogens (tertiary/aromatic N) is 3. The first-order chi connectivity index (χ1) is 12.1. The third kappa shape index (κ3) is 4.04. The highest BCUT2D eigenvalue weighted by Crippen LogP contribution is 2.29. The molecule has 132 valence electrons. The Morgan fingerprint density at radius 2 is 2.00 bits per heavy atom. The van der Waals surface area contributed by atoms with Crippen LogP contribution in [0.3, 0.4) is 0 Å². The quantitative estimate of drug-likeness (QED) is 0.911. The number of hydrogen-bond acceptors (Lipinski definition) is 5. The molecule has 1 aliphatic rings. The first kappa shape index (κ1) is 17.5. The van der Waals surface area contributed by atoms with E-state index in [0.29, 0.717) is 6.54 Å². The van der Waals surface area contributed by atoms with Gasteiger partial charge in [-0.15, -0.1) is 11.3 Å². The van der Waals surface area contributed by atoms with Crippen LogP contribution in [0.2, 0.25) is 0 Å². The van der Waals surface area contributed by atoms with Gasteiger partial charge in [-0.1, -0.05) is 0 Å². The van der Waals surface area contributed by atoms with Crippen molar-refractivity contribution in [1.82, 2.24) is 20.2 Å². The summed E-state index contributed by atoms with van der Waals surface area (Å²) in [5.74, 6) is 0.317. The highest BCUT2D eigenvalue weighted by molar-refractivity contribution is 7.12. The summed E-state index contributed by atoms with van der Waals surface area (Å²) in [7, 11) is 0. The van der Waals surface area contributed by atoms with Gasteiger partial charge in [0, 0.05) is 38.3 Å². The van der Waals surface area contributed by atoms with Gasteiger partial charge in [-0.25, -0.2) is 0 Å². The van der Waals surface area contributed by atoms with Crippen LogP contribution >= 0.6 is 11.3 Å². The molecule has 3 rings (SSSR count). The molecule has 1 fully saturated rings. The minimum Gasteiger partial charge on any atom is -0.351 e. The molecule has 0 atom stereocenters. The monoisotopic (exact) mass is 358 g/mol. The van der Waals surface area contributed by atoms with Crippen LogP contribution < -0.4 is 5.32 Å². The van der Waals surface area contributed by atoms with Gasteiger partial charge in [0.1, 0.15) is 0 Å². The van der Waals surface area contributed by atoms with E-state index in [0.717, 1.165) is 47.8 Å². The van der Waals surface area contributed by atoms with Gasteiger partial charge in [-0.3, -0.25) is 19.6 Å². The largest absolute Gasteiger partial charge is 0.351 e. The van der Waals surface area contributed by atoms with E-state index >= 15 is 0 Å². The molecule has 0 spiro atoms. The van der Waals surface area contributed by atoms with Crippen LogP contribution in [0.15, 0.2) is 23.8 Å². The van der Waals surface area contributed by atoms with Gasteiger partial charge in [0.15, 0.2) is 0 Å². The summed E-state index contributed by atoms with van der Waals surface area (Å²) in [5.41, 5.74) is 2.80. The standard InChI is InChI=1S/C18H22N4O2S/c1-12-5-10-25-17(12)18(24)22-8-3-14(4-9-22)16-15(11-21-13(2)23)19-6-7-20-16/h5-7,10,14H,3-4,8-9,11H2,1-2H3,(H,21,23). The van der Waals surface area contributed by atoms with Crippen molar-refractivity contribution in [3.8, 4) is 0 Å². The van der Waals surface area contributed by atoms with Crippen molar-refractivity contribution in [2.75, 3.05) is 13.1 Å². The predicted molar refractivity (Wildman–Crippen MR) is 96.5 cm³/mol. The van der Waals surface area contributed by atoms with Crippen LogP contribution in [0.1, 0.15) is 52.3 Å². The van der Waals surface area contributed by atoms with Crippen molar-refractivity contribution in [2.24, 2.45) is 0 Å². The van der Waals surface area contributed by atoms with Gasteiger partial charge in [0.2, 0.25) is 5.91 Å². The molecule has 1 saturated heterocycles. The lowest BCUT2D eigenvalue weighted by atomic mass is 9.91. The van der Waals surface area contributed by atoms with Gasteiger partial charge < -0.3 is 10.2 Å². The molecule has 1 aliphatic heterocycles. The van der Waals surface area contributed by atoms with Crippen molar-refractivity contribution in [3.63, 3.8) is 0 Å². The summed E-state index contributed by atoms with van der Waals surface area (Å²) in [5, 5.41) is 4.75. The number of amides is 2. The number of carbonyl (C=O) groups is 2. The molecule has 0 unspecified atom stereocenters. The van der Waals surface area contributed by atoms with Crippen LogP contribution in [-0.2, 0) is 11.3 Å². The number of piperidine rings is 1. The van der Waals surface area contributed by atoms with E-state index < -0.39 is 0 Å². The fourth-order valence-electron chi connectivity index (χ4n) is 3.15. The lowest BCUT2D eigenvalue weighted by Crippen LogP contribution is -2.38. The van der Waals surface area contributed by atoms with E-state index in [4.69, 9.17) is 0 Å². The number of likely N-dealkylation sites (tertiary alicyclic amines) is 1. The minimum absolute atomic E-state index is 0.0802. The second-order valence-electron chi connectivity index (χ2n) is 6.30. The molecular formula is C18H22N4O2S. The van der Waals surface area contributed by atoms with E-state index in [2.05, 4.69) is 15.3 Å². The zero-order valence-corrected chi connectivity index (χ0v) is 15.3. The highest BCUT2D eigenvalue weighted by Gasteiger charge is 2.28. The van der Waals surface area contributed by atoms with Crippen molar-refractivity contribution in [3.05, 3.63) is 45.7 Å². The van der Waals surface area contributed by atoms with E-state index in [-0.39, 0.29) is 17.7 Å². The average molecular weight is 358 g/mol. The number of aryl methyl sites for hydroxylation is 1. The van der Waals surface area contributed by atoms with Crippen LogP contribution in [0, 0.1) is 6.92 Å². The lowest BCUT2D eigenvalue weighted by molar-refractivity contribution is -0.119. The maximum absolute atomic E-state index is 12.6. The maximum atomic E-state index is 12.6. The summed E-state index contributed by atoms with van der Waals surface area (Å²) < 4.78 is 0. The van der Waals surface area contributed by atoms with Crippen LogP contribution in [0.25, 0.3) is 0 Å². The van der Waals surface area contributed by atoms with Crippen molar-refractivity contribution in [1.29, 1.82) is 0 Å². The molecule has 7 heteroatoms. The van der Waals surface area contributed by atoms with Gasteiger partial charge in [-0.2, -0.15) is 0 Å². The molecule has 0 aromatic carbocycles. The Labute approximate surface area is 151 Å². The summed E-state index contributed by atoms with van der Waals surface area (Å²) in [6.45, 7) is 5.30. The van der Waals surface area contributed by atoms with Gasteiger partial charge in [0.05, 0.1) is 22.8 Å². The molecule has 2 aromatic heterocycles. The molecule has 25 heavy (non-hydrogen) atoms. The SMILES string of the molecule is CC(=O)NCc1nccnc1C1CCN(C(=O)c2sccc2C)CC1. The number of carbonyl (C=O) groups excluding carboxylic acids is 2. The Balaban J connectivity index is 1.66. The van der Waals surface area contributed by atoms with Crippen LogP contribution in [-0.4, -0.2) is 39.8 Å². The molecule has 0 radical (unpaired) electrons. The fourth-order valence-corrected chi connectivity index (χ4v) is 4.05. The van der Waals surface area contributed by atoms with E-state index in [1.165, 1.54) is 18.3 Å². The number of aromatic nitrogens is 2. The molecule has 2 amide bonds. The first-order valence-corrected chi connectivity index (χ1v) is 9.32. The third-order valence-corrected chi connectivity index (χ3v) is 5.54. The molecule has 0 aliphatic carbocycles. The second kappa shape index (κ2) is 7.74. The fraction of sp³-hybridized carbons (Fsp3) is 0.444. The summed E-state index contributed by atoms with van der Waals surface area (Å²) in [4.78, 5) is 35.4. The smallest absolute Gasteiger partial charge is 0.264 e. The zero-order chi connectivity index (χ0) is 17.8. The topological polar surface area (TPSA) is 75.2 Å². The molecule has 1 N–H and O–H groups in total. The molecule has 0 saturated carbocycles. The Morgan fingerprint density at radius 3 is 2.64 bits per heavy atom. The Bertz CT molecular complexity index is 766. The Hall–Kier alpha value is -2.28. The minimum atomic E-state index is -0.0802. The van der Waals surface area contributed by atoms with Crippen LogP contribution in [0.4, 0.5) is 0 Å². The van der Waals surface area contributed by atoms with E-state index in [9.17, 15) is 9.59 Å². The van der Waals surface area contributed by atoms with Gasteiger partial charge in [0.25, 0.3) is 5.91 Å². The number of nitrogens with one attached hydrogen (secondary N) is 1. The molecule has 6 nitrogen and oxygen atoms in total. The molecule has 0 bridgehead atoms. The summed E-state index contributed by atoms with van der Waals surface area (Å²) in [6, 6.07) is 1.98. The number of hydrogen-bond donors (Lipinski definition) is 1. The lowest BCUT2D eigenvalue weighted by Gasteiger charge is -2.32. The molecule has 3 heterocycles. The molecule has 2 aromatic rings.